The van der Waals surface area contributed by atoms with E-state index in [-0.39, 0.29) is 19.3 Å². The van der Waals surface area contributed by atoms with Crippen molar-refractivity contribution in [2.75, 3.05) is 26.2 Å². The second kappa shape index (κ2) is 30.1. The van der Waals surface area contributed by atoms with E-state index in [2.05, 4.69) is 19.1 Å². The molecule has 0 unspecified atom stereocenters. The van der Waals surface area contributed by atoms with Gasteiger partial charge in [0, 0.05) is 25.2 Å². The van der Waals surface area contributed by atoms with Gasteiger partial charge >= 0.3 is 11.9 Å². The topological polar surface area (TPSA) is 115 Å². The molecule has 0 rings (SSSR count). The van der Waals surface area contributed by atoms with E-state index in [1.165, 1.54) is 109 Å². The second-order valence-electron chi connectivity index (χ2n) is 12.7. The fraction of sp³-hybridized carbons (Fsp3) is 0.861. The maximum absolute atomic E-state index is 11.1. The molecule has 0 aromatic carbocycles. The maximum Gasteiger partial charge on any atom is 0.303 e. The van der Waals surface area contributed by atoms with Gasteiger partial charge in [0.25, 0.3) is 0 Å². The first-order valence-corrected chi connectivity index (χ1v) is 17.9. The number of nitrogens with zero attached hydrogens (tertiary/aromatic N) is 1. The van der Waals surface area contributed by atoms with Gasteiger partial charge in [-0.3, -0.25) is 9.59 Å². The molecule has 0 amide bonds. The molecule has 0 fully saturated rings. The molecule has 0 aliphatic heterocycles. The molecule has 0 spiro atoms. The van der Waals surface area contributed by atoms with Gasteiger partial charge in [-0.05, 0) is 38.5 Å². The summed E-state index contributed by atoms with van der Waals surface area (Å²) in [7, 11) is 0. The van der Waals surface area contributed by atoms with Crippen molar-refractivity contribution in [3.63, 3.8) is 0 Å². The highest BCUT2D eigenvalue weighted by molar-refractivity contribution is 5.66. The fourth-order valence-corrected chi connectivity index (χ4v) is 6.18. The molecular weight excluding hydrogens is 542 g/mol. The fourth-order valence-electron chi connectivity index (χ4n) is 6.18. The summed E-state index contributed by atoms with van der Waals surface area (Å²) in [6.07, 6.45) is 32.3. The molecule has 0 aromatic rings. The van der Waals surface area contributed by atoms with Gasteiger partial charge in [0.1, 0.15) is 0 Å². The molecule has 0 bridgehead atoms. The number of allylic oxidation sites excluding steroid dienone is 2. The average Bonchev–Trinajstić information content (AvgIpc) is 2.95. The zero-order chi connectivity index (χ0) is 31.9. The Bertz CT molecular complexity index is 658. The summed E-state index contributed by atoms with van der Waals surface area (Å²) in [4.78, 5) is 33.1. The summed E-state index contributed by atoms with van der Waals surface area (Å²) in [5, 5.41) is 29.2. The molecule has 0 saturated carbocycles. The van der Waals surface area contributed by atoms with Gasteiger partial charge in [-0.2, -0.15) is 0 Å². The molecule has 0 aliphatic rings. The Morgan fingerprint density at radius 2 is 0.814 bits per heavy atom. The molecular formula is C36H67NO6. The zero-order valence-corrected chi connectivity index (χ0v) is 27.8. The number of hydrogen-bond acceptors (Lipinski definition) is 4. The van der Waals surface area contributed by atoms with Crippen LogP contribution in [0, 0.1) is 0 Å². The molecule has 0 heterocycles. The number of carbonyl (C=O) groups is 3. The van der Waals surface area contributed by atoms with Crippen LogP contribution in [0.2, 0.25) is 0 Å². The van der Waals surface area contributed by atoms with Gasteiger partial charge in [0.05, 0.1) is 39.0 Å². The van der Waals surface area contributed by atoms with Gasteiger partial charge < -0.3 is 24.6 Å². The Balaban J connectivity index is 3.96. The number of carboxylic acids is 3. The van der Waals surface area contributed by atoms with Crippen LogP contribution in [-0.2, 0) is 14.4 Å². The Morgan fingerprint density at radius 1 is 0.488 bits per heavy atom. The van der Waals surface area contributed by atoms with Crippen molar-refractivity contribution in [2.45, 2.75) is 174 Å². The molecule has 43 heavy (non-hydrogen) atoms. The van der Waals surface area contributed by atoms with E-state index in [4.69, 9.17) is 10.2 Å². The number of hydrogen-bond donors (Lipinski definition) is 2. The third-order valence-corrected chi connectivity index (χ3v) is 8.72. The van der Waals surface area contributed by atoms with Crippen LogP contribution in [-0.4, -0.2) is 58.8 Å². The average molecular weight is 610 g/mol. The molecule has 2 N–H and O–H groups in total. The first-order valence-electron chi connectivity index (χ1n) is 17.9. The van der Waals surface area contributed by atoms with Crippen LogP contribution >= 0.6 is 0 Å². The lowest BCUT2D eigenvalue weighted by atomic mass is 10.0. The van der Waals surface area contributed by atoms with Crippen molar-refractivity contribution in [1.82, 2.24) is 0 Å². The van der Waals surface area contributed by atoms with Gasteiger partial charge in [0.2, 0.25) is 0 Å². The number of carboxylic acid groups (broad SMARTS) is 3. The lowest BCUT2D eigenvalue weighted by Gasteiger charge is -2.39. The molecule has 252 valence electrons. The predicted octanol–water partition coefficient (Wildman–Crippen LogP) is 8.44. The van der Waals surface area contributed by atoms with Crippen LogP contribution in [0.1, 0.15) is 174 Å². The molecule has 0 aromatic heterocycles. The molecule has 0 radical (unpaired) electrons. The van der Waals surface area contributed by atoms with Crippen LogP contribution in [0.25, 0.3) is 0 Å². The number of carbonyl (C=O) groups excluding carboxylic acids is 1. The Kier molecular flexibility index (Phi) is 28.8. The number of quaternary nitrogens is 1. The first-order chi connectivity index (χ1) is 20.8. The van der Waals surface area contributed by atoms with Crippen molar-refractivity contribution < 1.29 is 34.2 Å². The van der Waals surface area contributed by atoms with Crippen molar-refractivity contribution >= 4 is 17.9 Å². The van der Waals surface area contributed by atoms with Crippen molar-refractivity contribution in [2.24, 2.45) is 0 Å². The summed E-state index contributed by atoms with van der Waals surface area (Å²) >= 11 is 0. The summed E-state index contributed by atoms with van der Waals surface area (Å²) < 4.78 is 0.616. The Hall–Kier alpha value is -1.89. The zero-order valence-electron chi connectivity index (χ0n) is 27.8. The van der Waals surface area contributed by atoms with Gasteiger partial charge in [-0.1, -0.05) is 115 Å². The van der Waals surface area contributed by atoms with E-state index in [0.29, 0.717) is 43.4 Å². The quantitative estimate of drug-likeness (QED) is 0.0430. The van der Waals surface area contributed by atoms with Crippen molar-refractivity contribution in [1.29, 1.82) is 0 Å². The second-order valence-corrected chi connectivity index (χ2v) is 12.7. The molecule has 7 nitrogen and oxygen atoms in total. The summed E-state index contributed by atoms with van der Waals surface area (Å²) in [6, 6.07) is 0. The predicted molar refractivity (Wildman–Crippen MR) is 175 cm³/mol. The molecule has 0 saturated heterocycles. The highest BCUT2D eigenvalue weighted by Gasteiger charge is 2.26. The summed E-state index contributed by atoms with van der Waals surface area (Å²) in [5.74, 6) is -2.74. The highest BCUT2D eigenvalue weighted by atomic mass is 16.4. The van der Waals surface area contributed by atoms with Crippen LogP contribution in [0.3, 0.4) is 0 Å². The SMILES string of the molecule is CC/C=C/CCCCCCCCCCCCCCCCCCCC[N+](CCCC(=O)[O-])(CCCC(=O)O)CCCC(=O)O. The van der Waals surface area contributed by atoms with Crippen LogP contribution in [0.5, 0.6) is 0 Å². The van der Waals surface area contributed by atoms with Crippen molar-refractivity contribution in [3.8, 4) is 0 Å². The minimum absolute atomic E-state index is 0.0182. The van der Waals surface area contributed by atoms with Gasteiger partial charge in [-0.15, -0.1) is 0 Å². The number of aliphatic carboxylic acids is 3. The summed E-state index contributed by atoms with van der Waals surface area (Å²) in [6.45, 7) is 4.97. The third-order valence-electron chi connectivity index (χ3n) is 8.72. The minimum Gasteiger partial charge on any atom is -0.550 e. The van der Waals surface area contributed by atoms with E-state index < -0.39 is 17.9 Å². The first kappa shape index (κ1) is 41.1. The molecule has 0 atom stereocenters. The highest BCUT2D eigenvalue weighted by Crippen LogP contribution is 2.19. The monoisotopic (exact) mass is 609 g/mol. The number of unbranched alkanes of at least 4 members (excludes halogenated alkanes) is 18. The number of rotatable bonds is 34. The van der Waals surface area contributed by atoms with Crippen LogP contribution in [0.4, 0.5) is 0 Å². The Morgan fingerprint density at radius 3 is 1.16 bits per heavy atom. The van der Waals surface area contributed by atoms with E-state index >= 15 is 0 Å². The Labute approximate surface area is 264 Å². The van der Waals surface area contributed by atoms with E-state index in [0.717, 1.165) is 25.8 Å². The van der Waals surface area contributed by atoms with Gasteiger partial charge in [-0.25, -0.2) is 0 Å². The summed E-state index contributed by atoms with van der Waals surface area (Å²) in [5.41, 5.74) is 0. The molecule has 7 heteroatoms. The third kappa shape index (κ3) is 29.9. The van der Waals surface area contributed by atoms with Crippen LogP contribution in [0.15, 0.2) is 12.2 Å². The van der Waals surface area contributed by atoms with E-state index in [1.807, 2.05) is 0 Å². The standard InChI is InChI=1S/C36H67NO6/c1-2-3-4-5-6-7-8-9-10-11-12-13-14-15-16-17-18-19-20-21-22-23-30-37(31-24-27-34(38)39,32-25-28-35(40)41)33-26-29-36(42)43/h3-4H,2,5-33H2,1H3,(H2-,38,39,40,41,42,43)/b4-3+. The van der Waals surface area contributed by atoms with Gasteiger partial charge in [0.15, 0.2) is 0 Å². The van der Waals surface area contributed by atoms with E-state index in [1.54, 1.807) is 0 Å². The molecule has 0 aliphatic carbocycles. The largest absolute Gasteiger partial charge is 0.550 e. The minimum atomic E-state index is -1.07. The van der Waals surface area contributed by atoms with E-state index in [9.17, 15) is 19.5 Å². The van der Waals surface area contributed by atoms with Crippen LogP contribution < -0.4 is 5.11 Å². The lowest BCUT2D eigenvalue weighted by Crippen LogP contribution is -2.51. The smallest absolute Gasteiger partial charge is 0.303 e. The van der Waals surface area contributed by atoms with Crippen molar-refractivity contribution in [3.05, 3.63) is 12.2 Å². The normalized spacial score (nSPS) is 11.8. The lowest BCUT2D eigenvalue weighted by molar-refractivity contribution is -0.929. The maximum atomic E-state index is 11.1.